The highest BCUT2D eigenvalue weighted by molar-refractivity contribution is 5.68. The molecule has 0 aliphatic heterocycles. The van der Waals surface area contributed by atoms with Gasteiger partial charge in [0, 0.05) is 17.8 Å². The molecule has 0 bridgehead atoms. The first-order valence-electron chi connectivity index (χ1n) is 5.28. The van der Waals surface area contributed by atoms with Gasteiger partial charge in [-0.25, -0.2) is 9.37 Å². The molecule has 6 heteroatoms. The highest BCUT2D eigenvalue weighted by Crippen LogP contribution is 2.29. The second-order valence-corrected chi connectivity index (χ2v) is 3.65. The highest BCUT2D eigenvalue weighted by atomic mass is 19.1. The van der Waals surface area contributed by atoms with Crippen molar-refractivity contribution in [2.45, 2.75) is 0 Å². The first-order chi connectivity index (χ1) is 8.79. The van der Waals surface area contributed by atoms with Crippen molar-refractivity contribution in [1.82, 2.24) is 19.6 Å². The zero-order valence-electron chi connectivity index (χ0n) is 9.54. The highest BCUT2D eigenvalue weighted by Gasteiger charge is 2.11. The Kier molecular flexibility index (Phi) is 2.40. The van der Waals surface area contributed by atoms with Crippen molar-refractivity contribution < 1.29 is 9.13 Å². The number of halogens is 1. The van der Waals surface area contributed by atoms with Crippen molar-refractivity contribution in [2.75, 3.05) is 7.11 Å². The fourth-order valence-corrected chi connectivity index (χ4v) is 1.82. The molecule has 0 unspecified atom stereocenters. The Morgan fingerprint density at radius 3 is 2.94 bits per heavy atom. The van der Waals surface area contributed by atoms with Gasteiger partial charge in [-0.05, 0) is 18.2 Å². The molecule has 0 saturated heterocycles. The van der Waals surface area contributed by atoms with Crippen LogP contribution < -0.4 is 4.74 Å². The summed E-state index contributed by atoms with van der Waals surface area (Å²) in [6.07, 6.45) is 3.05. The molecule has 0 spiro atoms. The lowest BCUT2D eigenvalue weighted by atomic mass is 10.1. The maximum absolute atomic E-state index is 13.2. The number of fused-ring (bicyclic) bond motifs is 1. The molecule has 0 aliphatic rings. The molecule has 3 aromatic rings. The summed E-state index contributed by atoms with van der Waals surface area (Å²) in [6.45, 7) is 0. The van der Waals surface area contributed by atoms with E-state index in [9.17, 15) is 4.39 Å². The molecule has 5 nitrogen and oxygen atoms in total. The lowest BCUT2D eigenvalue weighted by molar-refractivity contribution is 0.412. The zero-order chi connectivity index (χ0) is 12.5. The zero-order valence-corrected chi connectivity index (χ0v) is 9.54. The summed E-state index contributed by atoms with van der Waals surface area (Å²) in [6, 6.07) is 6.13. The van der Waals surface area contributed by atoms with Crippen molar-refractivity contribution in [3.8, 4) is 17.0 Å². The maximum atomic E-state index is 13.2. The molecule has 2 heterocycles. The van der Waals surface area contributed by atoms with E-state index in [1.165, 1.54) is 25.6 Å². The number of ether oxygens (including phenoxy) is 1. The van der Waals surface area contributed by atoms with Crippen LogP contribution in [-0.2, 0) is 0 Å². The monoisotopic (exact) mass is 244 g/mol. The van der Waals surface area contributed by atoms with Crippen LogP contribution in [0.25, 0.3) is 17.0 Å². The number of rotatable bonds is 2. The van der Waals surface area contributed by atoms with E-state index in [4.69, 9.17) is 4.74 Å². The lowest BCUT2D eigenvalue weighted by Gasteiger charge is -2.09. The first-order valence-corrected chi connectivity index (χ1v) is 5.28. The third kappa shape index (κ3) is 1.58. The fourth-order valence-electron chi connectivity index (χ4n) is 1.82. The predicted molar refractivity (Wildman–Crippen MR) is 62.7 cm³/mol. The van der Waals surface area contributed by atoms with Crippen LogP contribution >= 0.6 is 0 Å². The number of aromatic nitrogens is 4. The Morgan fingerprint density at radius 2 is 2.11 bits per heavy atom. The summed E-state index contributed by atoms with van der Waals surface area (Å²) in [7, 11) is 1.50. The van der Waals surface area contributed by atoms with Gasteiger partial charge in [0.25, 0.3) is 5.78 Å². The van der Waals surface area contributed by atoms with E-state index in [1.54, 1.807) is 22.8 Å². The predicted octanol–water partition coefficient (Wildman–Crippen LogP) is 1.94. The molecular formula is C12H9FN4O. The second-order valence-electron chi connectivity index (χ2n) is 3.65. The van der Waals surface area contributed by atoms with Crippen LogP contribution in [0, 0.1) is 5.82 Å². The van der Waals surface area contributed by atoms with Gasteiger partial charge in [0.1, 0.15) is 17.9 Å². The Labute approximate surface area is 102 Å². The quantitative estimate of drug-likeness (QED) is 0.691. The summed E-state index contributed by atoms with van der Waals surface area (Å²) in [5.41, 5.74) is 1.48. The van der Waals surface area contributed by atoms with Crippen molar-refractivity contribution in [2.24, 2.45) is 0 Å². The van der Waals surface area contributed by atoms with Gasteiger partial charge in [0.15, 0.2) is 0 Å². The molecule has 1 aromatic carbocycles. The van der Waals surface area contributed by atoms with E-state index >= 15 is 0 Å². The Hall–Kier alpha value is -2.50. The van der Waals surface area contributed by atoms with Crippen LogP contribution in [0.5, 0.6) is 5.75 Å². The third-order valence-corrected chi connectivity index (χ3v) is 2.62. The number of hydrogen-bond acceptors (Lipinski definition) is 4. The lowest BCUT2D eigenvalue weighted by Crippen LogP contribution is -1.98. The summed E-state index contributed by atoms with van der Waals surface area (Å²) in [4.78, 5) is 8.08. The standard InChI is InChI=1S/C12H9FN4O/c1-18-11-6-8(13)2-3-9(11)10-4-5-14-12-15-7-16-17(10)12/h2-7H,1H3. The molecule has 2 aromatic heterocycles. The average Bonchev–Trinajstić information content (AvgIpc) is 2.86. The first kappa shape index (κ1) is 10.6. The van der Waals surface area contributed by atoms with E-state index in [0.29, 0.717) is 11.5 Å². The van der Waals surface area contributed by atoms with Gasteiger partial charge in [-0.1, -0.05) is 0 Å². The fraction of sp³-hybridized carbons (Fsp3) is 0.0833. The minimum Gasteiger partial charge on any atom is -0.496 e. The van der Waals surface area contributed by atoms with Gasteiger partial charge >= 0.3 is 0 Å². The van der Waals surface area contributed by atoms with Crippen molar-refractivity contribution >= 4 is 5.78 Å². The summed E-state index contributed by atoms with van der Waals surface area (Å²) >= 11 is 0. The molecule has 90 valence electrons. The van der Waals surface area contributed by atoms with E-state index in [0.717, 1.165) is 11.3 Å². The minimum absolute atomic E-state index is 0.348. The smallest absolute Gasteiger partial charge is 0.252 e. The largest absolute Gasteiger partial charge is 0.496 e. The Balaban J connectivity index is 2.29. The Morgan fingerprint density at radius 1 is 1.22 bits per heavy atom. The Bertz CT molecular complexity index is 710. The van der Waals surface area contributed by atoms with Gasteiger partial charge in [0.2, 0.25) is 0 Å². The van der Waals surface area contributed by atoms with Crippen LogP contribution in [0.3, 0.4) is 0 Å². The van der Waals surface area contributed by atoms with Gasteiger partial charge in [-0.2, -0.15) is 14.6 Å². The number of benzene rings is 1. The molecule has 0 saturated carbocycles. The molecule has 18 heavy (non-hydrogen) atoms. The molecular weight excluding hydrogens is 235 g/mol. The maximum Gasteiger partial charge on any atom is 0.252 e. The normalized spacial score (nSPS) is 10.8. The molecule has 3 rings (SSSR count). The van der Waals surface area contributed by atoms with Crippen LogP contribution in [0.1, 0.15) is 0 Å². The van der Waals surface area contributed by atoms with Crippen molar-refractivity contribution in [3.05, 3.63) is 42.6 Å². The number of nitrogens with zero attached hydrogens (tertiary/aromatic N) is 4. The van der Waals surface area contributed by atoms with Crippen molar-refractivity contribution in [1.29, 1.82) is 0 Å². The molecule has 0 radical (unpaired) electrons. The molecule has 0 N–H and O–H groups in total. The van der Waals surface area contributed by atoms with Gasteiger partial charge < -0.3 is 4.74 Å². The summed E-state index contributed by atoms with van der Waals surface area (Å²) in [5, 5.41) is 4.09. The van der Waals surface area contributed by atoms with E-state index in [2.05, 4.69) is 15.1 Å². The van der Waals surface area contributed by atoms with Crippen LogP contribution in [-0.4, -0.2) is 26.7 Å². The van der Waals surface area contributed by atoms with E-state index in [1.807, 2.05) is 0 Å². The molecule has 0 atom stereocenters. The number of methoxy groups -OCH3 is 1. The molecule has 0 amide bonds. The summed E-state index contributed by atoms with van der Waals surface area (Å²) < 4.78 is 19.9. The van der Waals surface area contributed by atoms with Crippen molar-refractivity contribution in [3.63, 3.8) is 0 Å². The SMILES string of the molecule is COc1cc(F)ccc1-c1ccnc2ncnn12. The molecule has 0 aliphatic carbocycles. The van der Waals surface area contributed by atoms with E-state index in [-0.39, 0.29) is 5.82 Å². The van der Waals surface area contributed by atoms with Crippen LogP contribution in [0.2, 0.25) is 0 Å². The van der Waals surface area contributed by atoms with Gasteiger partial charge in [-0.15, -0.1) is 0 Å². The van der Waals surface area contributed by atoms with Gasteiger partial charge in [0.05, 0.1) is 12.8 Å². The van der Waals surface area contributed by atoms with Gasteiger partial charge in [-0.3, -0.25) is 0 Å². The minimum atomic E-state index is -0.348. The topological polar surface area (TPSA) is 52.3 Å². The molecule has 0 fully saturated rings. The average molecular weight is 244 g/mol. The third-order valence-electron chi connectivity index (χ3n) is 2.62. The number of hydrogen-bond donors (Lipinski definition) is 0. The van der Waals surface area contributed by atoms with Crippen LogP contribution in [0.15, 0.2) is 36.8 Å². The summed E-state index contributed by atoms with van der Waals surface area (Å²) in [5.74, 6) is 0.580. The van der Waals surface area contributed by atoms with Crippen LogP contribution in [0.4, 0.5) is 4.39 Å². The second kappa shape index (κ2) is 4.06. The van der Waals surface area contributed by atoms with E-state index < -0.39 is 0 Å².